The summed E-state index contributed by atoms with van der Waals surface area (Å²) in [5.74, 6) is -0.0747. The molecular weight excluding hydrogens is 326 g/mol. The summed E-state index contributed by atoms with van der Waals surface area (Å²) in [5.41, 5.74) is 4.35. The van der Waals surface area contributed by atoms with Crippen molar-refractivity contribution in [1.29, 1.82) is 0 Å². The number of anilines is 2. The quantitative estimate of drug-likeness (QED) is 0.732. The number of carbonyl (C=O) groups is 1. The van der Waals surface area contributed by atoms with E-state index in [-0.39, 0.29) is 5.91 Å². The molecule has 21 heavy (non-hydrogen) atoms. The number of nitrogens with zero attached hydrogens (tertiary/aromatic N) is 1. The van der Waals surface area contributed by atoms with Crippen LogP contribution in [0.5, 0.6) is 0 Å². The molecule has 0 radical (unpaired) electrons. The third-order valence-corrected chi connectivity index (χ3v) is 4.96. The Labute approximate surface area is 134 Å². The Morgan fingerprint density at radius 2 is 2.19 bits per heavy atom. The number of nitrogens with one attached hydrogen (secondary N) is 2. The second-order valence-electron chi connectivity index (χ2n) is 4.41. The molecule has 2 aromatic heterocycles. The average molecular weight is 338 g/mol. The van der Waals surface area contributed by atoms with Crippen LogP contribution in [0.25, 0.3) is 10.2 Å². The van der Waals surface area contributed by atoms with Crippen LogP contribution in [0.4, 0.5) is 11.4 Å². The van der Waals surface area contributed by atoms with Crippen molar-refractivity contribution in [3.63, 3.8) is 0 Å². The van der Waals surface area contributed by atoms with Crippen molar-refractivity contribution in [3.8, 4) is 0 Å². The molecule has 0 unspecified atom stereocenters. The van der Waals surface area contributed by atoms with Crippen LogP contribution >= 0.6 is 34.3 Å². The normalized spacial score (nSPS) is 10.8. The predicted octanol–water partition coefficient (Wildman–Crippen LogP) is 4.58. The van der Waals surface area contributed by atoms with Gasteiger partial charge >= 0.3 is 0 Å². The Morgan fingerprint density at radius 1 is 1.33 bits per heavy atom. The number of benzene rings is 1. The summed E-state index contributed by atoms with van der Waals surface area (Å²) in [7, 11) is 0. The second-order valence-corrected chi connectivity index (χ2v) is 6.71. The highest BCUT2D eigenvalue weighted by atomic mass is 35.5. The number of rotatable bonds is 4. The van der Waals surface area contributed by atoms with E-state index in [1.54, 1.807) is 28.2 Å². The smallest absolute Gasteiger partial charge is 0.221 e. The van der Waals surface area contributed by atoms with Gasteiger partial charge in [0.25, 0.3) is 0 Å². The minimum atomic E-state index is -0.0747. The van der Waals surface area contributed by atoms with E-state index in [0.717, 1.165) is 26.5 Å². The van der Waals surface area contributed by atoms with Crippen molar-refractivity contribution in [3.05, 3.63) is 39.0 Å². The summed E-state index contributed by atoms with van der Waals surface area (Å²) in [6.07, 6.45) is 0. The van der Waals surface area contributed by atoms with Crippen LogP contribution in [-0.4, -0.2) is 10.9 Å². The first-order chi connectivity index (χ1) is 10.1. The highest BCUT2D eigenvalue weighted by Gasteiger charge is 2.11. The Morgan fingerprint density at radius 3 is 3.00 bits per heavy atom. The molecule has 3 rings (SSSR count). The molecule has 0 aliphatic rings. The molecule has 0 aliphatic heterocycles. The molecule has 0 fully saturated rings. The summed E-state index contributed by atoms with van der Waals surface area (Å²) in [4.78, 5) is 16.6. The number of thiazole rings is 1. The van der Waals surface area contributed by atoms with Gasteiger partial charge in [0, 0.05) is 11.8 Å². The molecule has 0 spiro atoms. The van der Waals surface area contributed by atoms with Gasteiger partial charge in [0.15, 0.2) is 0 Å². The maximum absolute atomic E-state index is 11.2. The lowest BCUT2D eigenvalue weighted by molar-refractivity contribution is -0.114. The minimum absolute atomic E-state index is 0.0747. The lowest BCUT2D eigenvalue weighted by Crippen LogP contribution is -2.08. The molecule has 4 nitrogen and oxygen atoms in total. The number of halogens is 1. The zero-order chi connectivity index (χ0) is 14.8. The molecule has 2 heterocycles. The maximum atomic E-state index is 11.2. The van der Waals surface area contributed by atoms with Gasteiger partial charge in [-0.3, -0.25) is 4.79 Å². The summed E-state index contributed by atoms with van der Waals surface area (Å²) >= 11 is 9.43. The standard InChI is InChI=1S/C14H12ClN3OS2/c1-8(19)18-10-4-5-20-12(10)6-16-13-9(15)2-3-11-14(13)17-7-21-11/h2-5,7,16H,6H2,1H3,(H,18,19). The summed E-state index contributed by atoms with van der Waals surface area (Å²) < 4.78 is 1.09. The fraction of sp³-hybridized carbons (Fsp3) is 0.143. The van der Waals surface area contributed by atoms with Crippen molar-refractivity contribution >= 4 is 61.8 Å². The molecule has 1 amide bonds. The van der Waals surface area contributed by atoms with Crippen molar-refractivity contribution in [2.45, 2.75) is 13.5 Å². The molecular formula is C14H12ClN3OS2. The van der Waals surface area contributed by atoms with Gasteiger partial charge in [-0.1, -0.05) is 11.6 Å². The van der Waals surface area contributed by atoms with Crippen LogP contribution in [0.1, 0.15) is 11.8 Å². The van der Waals surface area contributed by atoms with Crippen LogP contribution in [0, 0.1) is 0 Å². The molecule has 108 valence electrons. The Hall–Kier alpha value is -1.63. The lowest BCUT2D eigenvalue weighted by atomic mass is 10.2. The van der Waals surface area contributed by atoms with E-state index in [1.807, 2.05) is 23.6 Å². The fourth-order valence-corrected chi connectivity index (χ4v) is 3.70. The first-order valence-electron chi connectivity index (χ1n) is 6.24. The van der Waals surface area contributed by atoms with Gasteiger partial charge in [0.2, 0.25) is 5.91 Å². The van der Waals surface area contributed by atoms with Crippen LogP contribution in [-0.2, 0) is 11.3 Å². The summed E-state index contributed by atoms with van der Waals surface area (Å²) in [6, 6.07) is 5.73. The lowest BCUT2D eigenvalue weighted by Gasteiger charge is -2.10. The Kier molecular flexibility index (Phi) is 4.10. The van der Waals surface area contributed by atoms with Gasteiger partial charge in [-0.05, 0) is 23.6 Å². The first-order valence-corrected chi connectivity index (χ1v) is 8.38. The molecule has 1 aromatic carbocycles. The van der Waals surface area contributed by atoms with Crippen LogP contribution in [0.15, 0.2) is 29.1 Å². The van der Waals surface area contributed by atoms with Crippen molar-refractivity contribution in [1.82, 2.24) is 4.98 Å². The van der Waals surface area contributed by atoms with E-state index >= 15 is 0 Å². The predicted molar refractivity (Wildman–Crippen MR) is 90.6 cm³/mol. The topological polar surface area (TPSA) is 54.0 Å². The zero-order valence-electron chi connectivity index (χ0n) is 11.1. The van der Waals surface area contributed by atoms with Crippen LogP contribution in [0.2, 0.25) is 5.02 Å². The summed E-state index contributed by atoms with van der Waals surface area (Å²) in [6.45, 7) is 2.09. The number of hydrogen-bond donors (Lipinski definition) is 2. The Bertz CT molecular complexity index is 796. The third kappa shape index (κ3) is 3.02. The van der Waals surface area contributed by atoms with E-state index in [1.165, 1.54) is 6.92 Å². The zero-order valence-corrected chi connectivity index (χ0v) is 13.5. The van der Waals surface area contributed by atoms with Gasteiger partial charge < -0.3 is 10.6 Å². The monoisotopic (exact) mass is 337 g/mol. The van der Waals surface area contributed by atoms with Crippen molar-refractivity contribution < 1.29 is 4.79 Å². The van der Waals surface area contributed by atoms with Gasteiger partial charge in [0.05, 0.1) is 33.2 Å². The molecule has 2 N–H and O–H groups in total. The highest BCUT2D eigenvalue weighted by molar-refractivity contribution is 7.16. The number of fused-ring (bicyclic) bond motifs is 1. The van der Waals surface area contributed by atoms with Crippen molar-refractivity contribution in [2.75, 3.05) is 10.6 Å². The Balaban J connectivity index is 1.84. The minimum Gasteiger partial charge on any atom is -0.377 e. The molecule has 0 bridgehead atoms. The second kappa shape index (κ2) is 6.01. The SMILES string of the molecule is CC(=O)Nc1ccsc1CNc1c(Cl)ccc2scnc12. The maximum Gasteiger partial charge on any atom is 0.221 e. The highest BCUT2D eigenvalue weighted by Crippen LogP contribution is 2.33. The third-order valence-electron chi connectivity index (χ3n) is 2.93. The van der Waals surface area contributed by atoms with E-state index in [0.29, 0.717) is 11.6 Å². The average Bonchev–Trinajstić information content (AvgIpc) is 3.06. The number of hydrogen-bond acceptors (Lipinski definition) is 5. The van der Waals surface area contributed by atoms with E-state index in [2.05, 4.69) is 15.6 Å². The first kappa shape index (κ1) is 14.3. The molecule has 0 saturated carbocycles. The van der Waals surface area contributed by atoms with E-state index < -0.39 is 0 Å². The van der Waals surface area contributed by atoms with Gasteiger partial charge in [-0.15, -0.1) is 22.7 Å². The number of thiophene rings is 1. The molecule has 0 aliphatic carbocycles. The van der Waals surface area contributed by atoms with Gasteiger partial charge in [-0.2, -0.15) is 0 Å². The largest absolute Gasteiger partial charge is 0.377 e. The molecule has 0 saturated heterocycles. The summed E-state index contributed by atoms with van der Waals surface area (Å²) in [5, 5.41) is 8.75. The number of amides is 1. The number of carbonyl (C=O) groups excluding carboxylic acids is 1. The van der Waals surface area contributed by atoms with E-state index in [9.17, 15) is 4.79 Å². The molecule has 0 atom stereocenters. The van der Waals surface area contributed by atoms with E-state index in [4.69, 9.17) is 11.6 Å². The van der Waals surface area contributed by atoms with Crippen LogP contribution in [0.3, 0.4) is 0 Å². The molecule has 3 aromatic rings. The van der Waals surface area contributed by atoms with Crippen molar-refractivity contribution in [2.24, 2.45) is 0 Å². The fourth-order valence-electron chi connectivity index (χ4n) is 2.02. The number of aromatic nitrogens is 1. The van der Waals surface area contributed by atoms with Crippen LogP contribution < -0.4 is 10.6 Å². The van der Waals surface area contributed by atoms with Gasteiger partial charge in [0.1, 0.15) is 5.52 Å². The van der Waals surface area contributed by atoms with Gasteiger partial charge in [-0.25, -0.2) is 4.98 Å². The molecule has 7 heteroatoms.